The van der Waals surface area contributed by atoms with Gasteiger partial charge in [-0.15, -0.1) is 24.0 Å². The van der Waals surface area contributed by atoms with Crippen LogP contribution >= 0.6 is 24.0 Å². The van der Waals surface area contributed by atoms with Gasteiger partial charge in [0.25, 0.3) is 0 Å². The number of sulfone groups is 1. The molecule has 1 heterocycles. The van der Waals surface area contributed by atoms with E-state index >= 15 is 0 Å². The van der Waals surface area contributed by atoms with Crippen LogP contribution in [0.25, 0.3) is 0 Å². The molecule has 1 saturated heterocycles. The third-order valence-electron chi connectivity index (χ3n) is 3.90. The first kappa shape index (κ1) is 23.6. The highest BCUT2D eigenvalue weighted by atomic mass is 127. The number of halogens is 2. The van der Waals surface area contributed by atoms with E-state index in [1.807, 2.05) is 6.92 Å². The van der Waals surface area contributed by atoms with E-state index in [0.29, 0.717) is 32.0 Å². The zero-order chi connectivity index (χ0) is 19.0. The highest BCUT2D eigenvalue weighted by molar-refractivity contribution is 14.0. The Morgan fingerprint density at radius 2 is 1.96 bits per heavy atom. The Labute approximate surface area is 176 Å². The van der Waals surface area contributed by atoms with Crippen LogP contribution in [0.3, 0.4) is 0 Å². The van der Waals surface area contributed by atoms with Crippen molar-refractivity contribution in [2.45, 2.75) is 25.8 Å². The van der Waals surface area contributed by atoms with Gasteiger partial charge in [-0.05, 0) is 31.0 Å². The molecule has 0 radical (unpaired) electrons. The summed E-state index contributed by atoms with van der Waals surface area (Å²) in [5.74, 6) is 0.367. The molecule has 0 spiro atoms. The van der Waals surface area contributed by atoms with Gasteiger partial charge in [0.15, 0.2) is 15.8 Å². The van der Waals surface area contributed by atoms with E-state index < -0.39 is 9.84 Å². The van der Waals surface area contributed by atoms with Crippen molar-refractivity contribution in [2.75, 3.05) is 31.1 Å². The van der Waals surface area contributed by atoms with Crippen LogP contribution in [0.5, 0.6) is 0 Å². The number of guanidine groups is 1. The summed E-state index contributed by atoms with van der Waals surface area (Å²) in [6.45, 7) is 3.30. The normalized spacial score (nSPS) is 18.4. The number of nitrogens with zero attached hydrogens (tertiary/aromatic N) is 1. The monoisotopic (exact) mass is 512 g/mol. The maximum atomic E-state index is 12.8. The fourth-order valence-corrected chi connectivity index (χ4v) is 4.31. The summed E-state index contributed by atoms with van der Waals surface area (Å²) in [4.78, 5) is 16.2. The van der Waals surface area contributed by atoms with Crippen LogP contribution in [0.2, 0.25) is 0 Å². The van der Waals surface area contributed by atoms with Crippen LogP contribution < -0.4 is 16.0 Å². The molecule has 0 saturated carbocycles. The summed E-state index contributed by atoms with van der Waals surface area (Å²) in [6, 6.07) is 5.67. The summed E-state index contributed by atoms with van der Waals surface area (Å²) in [6.07, 6.45) is 0.753. The molecule has 10 heteroatoms. The molecule has 1 aliphatic rings. The Hall–Kier alpha value is -1.43. The van der Waals surface area contributed by atoms with Crippen LogP contribution in [-0.2, 0) is 21.1 Å². The second-order valence-corrected chi connectivity index (χ2v) is 8.39. The molecular formula is C17H26FIN4O3S. The largest absolute Gasteiger partial charge is 0.357 e. The predicted octanol–water partition coefficient (Wildman–Crippen LogP) is 0.845. The second kappa shape index (κ2) is 11.4. The molecule has 1 aromatic rings. The van der Waals surface area contributed by atoms with Gasteiger partial charge in [0.2, 0.25) is 5.91 Å². The lowest BCUT2D eigenvalue weighted by molar-refractivity contribution is -0.120. The van der Waals surface area contributed by atoms with Gasteiger partial charge in [0.05, 0.1) is 24.5 Å². The SMILES string of the molecule is CCNC(=NCCNC(=O)Cc1ccc(F)cc1)NC1CCS(=O)(=O)C1.I. The van der Waals surface area contributed by atoms with Gasteiger partial charge in [-0.2, -0.15) is 0 Å². The average Bonchev–Trinajstić information content (AvgIpc) is 2.92. The van der Waals surface area contributed by atoms with Crippen molar-refractivity contribution >= 4 is 45.7 Å². The van der Waals surface area contributed by atoms with Crippen LogP contribution in [0.4, 0.5) is 4.39 Å². The molecule has 1 aromatic carbocycles. The fraction of sp³-hybridized carbons (Fsp3) is 0.529. The maximum absolute atomic E-state index is 12.8. The molecule has 1 fully saturated rings. The molecular weight excluding hydrogens is 486 g/mol. The third-order valence-corrected chi connectivity index (χ3v) is 5.67. The number of carbonyl (C=O) groups is 1. The van der Waals surface area contributed by atoms with Crippen molar-refractivity contribution in [2.24, 2.45) is 4.99 Å². The van der Waals surface area contributed by atoms with Gasteiger partial charge in [0.1, 0.15) is 5.82 Å². The zero-order valence-electron chi connectivity index (χ0n) is 15.2. The van der Waals surface area contributed by atoms with E-state index in [4.69, 9.17) is 0 Å². The Morgan fingerprint density at radius 1 is 1.26 bits per heavy atom. The lowest BCUT2D eigenvalue weighted by Crippen LogP contribution is -2.44. The smallest absolute Gasteiger partial charge is 0.224 e. The topological polar surface area (TPSA) is 99.7 Å². The Bertz CT molecular complexity index is 741. The van der Waals surface area contributed by atoms with Crippen molar-refractivity contribution in [3.63, 3.8) is 0 Å². The molecule has 27 heavy (non-hydrogen) atoms. The summed E-state index contributed by atoms with van der Waals surface area (Å²) in [5.41, 5.74) is 0.741. The lowest BCUT2D eigenvalue weighted by Gasteiger charge is -2.15. The second-order valence-electron chi connectivity index (χ2n) is 6.16. The molecule has 2 rings (SSSR count). The Kier molecular flexibility index (Phi) is 9.99. The van der Waals surface area contributed by atoms with Crippen LogP contribution in [-0.4, -0.2) is 57.5 Å². The quantitative estimate of drug-likeness (QED) is 0.218. The van der Waals surface area contributed by atoms with E-state index in [1.54, 1.807) is 12.1 Å². The summed E-state index contributed by atoms with van der Waals surface area (Å²) in [5, 5.41) is 8.94. The van der Waals surface area contributed by atoms with Gasteiger partial charge in [-0.3, -0.25) is 9.79 Å². The van der Waals surface area contributed by atoms with Gasteiger partial charge >= 0.3 is 0 Å². The van der Waals surface area contributed by atoms with Crippen LogP contribution in [0.15, 0.2) is 29.3 Å². The number of rotatable bonds is 7. The van der Waals surface area contributed by atoms with Gasteiger partial charge in [-0.1, -0.05) is 12.1 Å². The highest BCUT2D eigenvalue weighted by Crippen LogP contribution is 2.10. The van der Waals surface area contributed by atoms with Crippen molar-refractivity contribution in [3.05, 3.63) is 35.6 Å². The number of hydrogen-bond acceptors (Lipinski definition) is 4. The van der Waals surface area contributed by atoms with Crippen molar-refractivity contribution in [1.82, 2.24) is 16.0 Å². The van der Waals surface area contributed by atoms with Crippen molar-refractivity contribution < 1.29 is 17.6 Å². The molecule has 1 atom stereocenters. The Balaban J connectivity index is 0.00000364. The number of benzene rings is 1. The molecule has 0 aliphatic carbocycles. The molecule has 7 nitrogen and oxygen atoms in total. The van der Waals surface area contributed by atoms with E-state index in [0.717, 1.165) is 5.56 Å². The minimum absolute atomic E-state index is 0. The van der Waals surface area contributed by atoms with Gasteiger partial charge < -0.3 is 16.0 Å². The number of aliphatic imine (C=N–C) groups is 1. The molecule has 1 aliphatic heterocycles. The number of carbonyl (C=O) groups excluding carboxylic acids is 1. The lowest BCUT2D eigenvalue weighted by atomic mass is 10.1. The molecule has 0 bridgehead atoms. The van der Waals surface area contributed by atoms with Gasteiger partial charge in [0, 0.05) is 19.1 Å². The number of hydrogen-bond donors (Lipinski definition) is 3. The number of nitrogens with one attached hydrogen (secondary N) is 3. The summed E-state index contributed by atoms with van der Waals surface area (Å²) in [7, 11) is -2.95. The van der Waals surface area contributed by atoms with E-state index in [1.165, 1.54) is 12.1 Å². The van der Waals surface area contributed by atoms with Crippen LogP contribution in [0, 0.1) is 5.82 Å². The molecule has 1 unspecified atom stereocenters. The summed E-state index contributed by atoms with van der Waals surface area (Å²) >= 11 is 0. The minimum Gasteiger partial charge on any atom is -0.357 e. The predicted molar refractivity (Wildman–Crippen MR) is 115 cm³/mol. The van der Waals surface area contributed by atoms with Crippen LogP contribution in [0.1, 0.15) is 18.9 Å². The first-order valence-electron chi connectivity index (χ1n) is 8.64. The molecule has 0 aromatic heterocycles. The molecule has 152 valence electrons. The minimum atomic E-state index is -2.95. The zero-order valence-corrected chi connectivity index (χ0v) is 18.3. The first-order valence-corrected chi connectivity index (χ1v) is 10.5. The highest BCUT2D eigenvalue weighted by Gasteiger charge is 2.28. The third kappa shape index (κ3) is 8.87. The van der Waals surface area contributed by atoms with Crippen molar-refractivity contribution in [1.29, 1.82) is 0 Å². The fourth-order valence-electron chi connectivity index (χ4n) is 2.64. The standard InChI is InChI=1S/C17H25FN4O3S.HI/c1-2-19-17(22-15-7-10-26(24,25)12-15)21-9-8-20-16(23)11-13-3-5-14(18)6-4-13;/h3-6,15H,2,7-12H2,1H3,(H,20,23)(H2,19,21,22);1H. The van der Waals surface area contributed by atoms with E-state index in [2.05, 4.69) is 20.9 Å². The maximum Gasteiger partial charge on any atom is 0.224 e. The van der Waals surface area contributed by atoms with E-state index in [-0.39, 0.29) is 59.7 Å². The average molecular weight is 512 g/mol. The van der Waals surface area contributed by atoms with Gasteiger partial charge in [-0.25, -0.2) is 12.8 Å². The molecule has 1 amide bonds. The first-order chi connectivity index (χ1) is 12.4. The van der Waals surface area contributed by atoms with Crippen molar-refractivity contribution in [3.8, 4) is 0 Å². The molecule has 3 N–H and O–H groups in total. The summed E-state index contributed by atoms with van der Waals surface area (Å²) < 4.78 is 35.9. The number of amides is 1. The van der Waals surface area contributed by atoms with E-state index in [9.17, 15) is 17.6 Å². The Morgan fingerprint density at radius 3 is 2.56 bits per heavy atom.